The molecule has 0 N–H and O–H groups in total. The molecule has 2 rings (SSSR count). The molecule has 2 nitrogen and oxygen atoms in total. The second-order valence-electron chi connectivity index (χ2n) is 4.51. The first kappa shape index (κ1) is 12.8. The molecule has 0 spiro atoms. The number of halogens is 2. The number of benzene rings is 1. The van der Waals surface area contributed by atoms with Gasteiger partial charge in [0.1, 0.15) is 5.82 Å². The Morgan fingerprint density at radius 2 is 2.18 bits per heavy atom. The van der Waals surface area contributed by atoms with Gasteiger partial charge in [-0.05, 0) is 13.0 Å². The standard InChI is InChI=1S/C13H17ClFNO/c1-10-7-16(9-12(6-14)17-10)8-11-4-2-3-5-13(11)15/h2-5,10,12H,6-9H2,1H3. The number of hydrogen-bond donors (Lipinski definition) is 0. The Balaban J connectivity index is 2.01. The number of morpholine rings is 1. The minimum Gasteiger partial charge on any atom is -0.371 e. The molecule has 1 aromatic rings. The van der Waals surface area contributed by atoms with Crippen LogP contribution in [0.4, 0.5) is 4.39 Å². The first-order chi connectivity index (χ1) is 8.19. The highest BCUT2D eigenvalue weighted by Gasteiger charge is 2.24. The van der Waals surface area contributed by atoms with E-state index < -0.39 is 0 Å². The zero-order valence-electron chi connectivity index (χ0n) is 9.90. The smallest absolute Gasteiger partial charge is 0.127 e. The van der Waals surface area contributed by atoms with Gasteiger partial charge in [0, 0.05) is 31.1 Å². The highest BCUT2D eigenvalue weighted by molar-refractivity contribution is 6.18. The Hall–Kier alpha value is -0.640. The SMILES string of the molecule is CC1CN(Cc2ccccc2F)CC(CCl)O1. The maximum absolute atomic E-state index is 13.5. The van der Waals surface area contributed by atoms with Crippen molar-refractivity contribution in [2.75, 3.05) is 19.0 Å². The van der Waals surface area contributed by atoms with Crippen molar-refractivity contribution in [1.82, 2.24) is 4.90 Å². The third-order valence-electron chi connectivity index (χ3n) is 2.93. The van der Waals surface area contributed by atoms with Crippen LogP contribution >= 0.6 is 11.6 Å². The summed E-state index contributed by atoms with van der Waals surface area (Å²) in [6.07, 6.45) is 0.200. The maximum Gasteiger partial charge on any atom is 0.127 e. The third-order valence-corrected chi connectivity index (χ3v) is 3.27. The number of nitrogens with zero attached hydrogens (tertiary/aromatic N) is 1. The lowest BCUT2D eigenvalue weighted by Gasteiger charge is -2.36. The van der Waals surface area contributed by atoms with E-state index in [1.54, 1.807) is 6.07 Å². The molecule has 1 aromatic carbocycles. The van der Waals surface area contributed by atoms with Crippen LogP contribution in [0.25, 0.3) is 0 Å². The number of hydrogen-bond acceptors (Lipinski definition) is 2. The molecule has 1 aliphatic heterocycles. The summed E-state index contributed by atoms with van der Waals surface area (Å²) >= 11 is 5.82. The molecule has 1 heterocycles. The Kier molecular flexibility index (Phi) is 4.37. The first-order valence-corrected chi connectivity index (χ1v) is 6.39. The molecular weight excluding hydrogens is 241 g/mol. The zero-order chi connectivity index (χ0) is 12.3. The predicted molar refractivity (Wildman–Crippen MR) is 66.7 cm³/mol. The highest BCUT2D eigenvalue weighted by atomic mass is 35.5. The fraction of sp³-hybridized carbons (Fsp3) is 0.538. The van der Waals surface area contributed by atoms with E-state index in [1.807, 2.05) is 19.1 Å². The second-order valence-corrected chi connectivity index (χ2v) is 4.82. The van der Waals surface area contributed by atoms with Crippen molar-refractivity contribution in [3.05, 3.63) is 35.6 Å². The van der Waals surface area contributed by atoms with E-state index in [4.69, 9.17) is 16.3 Å². The van der Waals surface area contributed by atoms with Gasteiger partial charge in [-0.2, -0.15) is 0 Å². The van der Waals surface area contributed by atoms with E-state index in [-0.39, 0.29) is 18.0 Å². The van der Waals surface area contributed by atoms with Crippen molar-refractivity contribution in [2.24, 2.45) is 0 Å². The summed E-state index contributed by atoms with van der Waals surface area (Å²) in [6.45, 7) is 4.23. The van der Waals surface area contributed by atoms with Gasteiger partial charge in [-0.25, -0.2) is 4.39 Å². The van der Waals surface area contributed by atoms with Gasteiger partial charge >= 0.3 is 0 Å². The van der Waals surface area contributed by atoms with Crippen LogP contribution in [0.1, 0.15) is 12.5 Å². The summed E-state index contributed by atoms with van der Waals surface area (Å²) in [5.41, 5.74) is 0.731. The summed E-state index contributed by atoms with van der Waals surface area (Å²) in [7, 11) is 0. The van der Waals surface area contributed by atoms with Crippen LogP contribution in [0.2, 0.25) is 0 Å². The molecule has 0 amide bonds. The lowest BCUT2D eigenvalue weighted by atomic mass is 10.1. The van der Waals surface area contributed by atoms with Crippen molar-refractivity contribution in [3.8, 4) is 0 Å². The van der Waals surface area contributed by atoms with Crippen LogP contribution < -0.4 is 0 Å². The van der Waals surface area contributed by atoms with Crippen LogP contribution in [-0.4, -0.2) is 36.1 Å². The van der Waals surface area contributed by atoms with Crippen molar-refractivity contribution >= 4 is 11.6 Å². The summed E-state index contributed by atoms with van der Waals surface area (Å²) in [5, 5.41) is 0. The van der Waals surface area contributed by atoms with Gasteiger partial charge in [0.15, 0.2) is 0 Å². The van der Waals surface area contributed by atoms with Crippen LogP contribution in [0.5, 0.6) is 0 Å². The molecule has 0 bridgehead atoms. The molecule has 0 radical (unpaired) electrons. The van der Waals surface area contributed by atoms with Crippen molar-refractivity contribution in [3.63, 3.8) is 0 Å². The topological polar surface area (TPSA) is 12.5 Å². The van der Waals surface area contributed by atoms with Gasteiger partial charge in [0.05, 0.1) is 12.2 Å². The maximum atomic E-state index is 13.5. The molecule has 2 atom stereocenters. The zero-order valence-corrected chi connectivity index (χ0v) is 10.7. The summed E-state index contributed by atoms with van der Waals surface area (Å²) in [5.74, 6) is 0.340. The van der Waals surface area contributed by atoms with Crippen molar-refractivity contribution in [1.29, 1.82) is 0 Å². The van der Waals surface area contributed by atoms with Crippen LogP contribution in [0.3, 0.4) is 0 Å². The molecule has 17 heavy (non-hydrogen) atoms. The van der Waals surface area contributed by atoms with Crippen LogP contribution in [0, 0.1) is 5.82 Å². The van der Waals surface area contributed by atoms with E-state index >= 15 is 0 Å². The minimum absolute atomic E-state index is 0.0483. The van der Waals surface area contributed by atoms with E-state index in [2.05, 4.69) is 4.90 Å². The first-order valence-electron chi connectivity index (χ1n) is 5.86. The molecular formula is C13H17ClFNO. The molecule has 0 saturated carbocycles. The van der Waals surface area contributed by atoms with Crippen molar-refractivity contribution in [2.45, 2.75) is 25.7 Å². The van der Waals surface area contributed by atoms with Gasteiger partial charge in [-0.3, -0.25) is 4.90 Å². The summed E-state index contributed by atoms with van der Waals surface area (Å²) in [6, 6.07) is 6.90. The molecule has 1 fully saturated rings. The normalized spacial score (nSPS) is 26.1. The molecule has 0 aliphatic carbocycles. The fourth-order valence-corrected chi connectivity index (χ4v) is 2.39. The predicted octanol–water partition coefficient (Wildman–Crippen LogP) is 2.65. The molecule has 0 aromatic heterocycles. The lowest BCUT2D eigenvalue weighted by molar-refractivity contribution is -0.0691. The van der Waals surface area contributed by atoms with Crippen LogP contribution in [0.15, 0.2) is 24.3 Å². The van der Waals surface area contributed by atoms with Crippen molar-refractivity contribution < 1.29 is 9.13 Å². The second kappa shape index (κ2) is 5.80. The summed E-state index contributed by atoms with van der Waals surface area (Å²) < 4.78 is 19.2. The fourth-order valence-electron chi connectivity index (χ4n) is 2.22. The molecule has 1 aliphatic rings. The van der Waals surface area contributed by atoms with E-state index in [0.717, 1.165) is 18.7 Å². The van der Waals surface area contributed by atoms with Gasteiger partial charge in [-0.1, -0.05) is 18.2 Å². The lowest BCUT2D eigenvalue weighted by Crippen LogP contribution is -2.46. The Labute approximate surface area is 106 Å². The Morgan fingerprint density at radius 3 is 2.88 bits per heavy atom. The van der Waals surface area contributed by atoms with Gasteiger partial charge in [0.2, 0.25) is 0 Å². The quantitative estimate of drug-likeness (QED) is 0.772. The molecule has 94 valence electrons. The minimum atomic E-state index is -0.144. The van der Waals surface area contributed by atoms with E-state index in [1.165, 1.54) is 6.07 Å². The van der Waals surface area contributed by atoms with Gasteiger partial charge in [-0.15, -0.1) is 11.6 Å². The number of rotatable bonds is 3. The monoisotopic (exact) mass is 257 g/mol. The third kappa shape index (κ3) is 3.41. The van der Waals surface area contributed by atoms with E-state index in [9.17, 15) is 4.39 Å². The number of ether oxygens (including phenoxy) is 1. The Morgan fingerprint density at radius 1 is 1.41 bits per heavy atom. The van der Waals surface area contributed by atoms with Gasteiger partial charge in [0.25, 0.3) is 0 Å². The molecule has 2 unspecified atom stereocenters. The molecule has 1 saturated heterocycles. The highest BCUT2D eigenvalue weighted by Crippen LogP contribution is 2.16. The van der Waals surface area contributed by atoms with E-state index in [0.29, 0.717) is 12.4 Å². The average molecular weight is 258 g/mol. The average Bonchev–Trinajstić information content (AvgIpc) is 2.31. The van der Waals surface area contributed by atoms with Crippen LogP contribution in [-0.2, 0) is 11.3 Å². The molecule has 4 heteroatoms. The Bertz CT molecular complexity index is 374. The number of alkyl halides is 1. The summed E-state index contributed by atoms with van der Waals surface area (Å²) in [4.78, 5) is 2.19. The van der Waals surface area contributed by atoms with Gasteiger partial charge < -0.3 is 4.74 Å². The largest absolute Gasteiger partial charge is 0.371 e.